The number of aliphatic hydroxyl groups is 1. The summed E-state index contributed by atoms with van der Waals surface area (Å²) in [7, 11) is -0.817. The molecular formula is C18H20NO2Si. The molecule has 2 aromatic rings. The number of aromatic nitrogens is 1. The molecule has 0 fully saturated rings. The minimum absolute atomic E-state index is 0.114. The zero-order valence-corrected chi connectivity index (χ0v) is 13.9. The lowest BCUT2D eigenvalue weighted by Crippen LogP contribution is -2.14. The van der Waals surface area contributed by atoms with Gasteiger partial charge in [0, 0.05) is 17.3 Å². The Hall–Kier alpha value is -2.20. The molecule has 0 amide bonds. The van der Waals surface area contributed by atoms with Crippen molar-refractivity contribution in [1.29, 1.82) is 0 Å². The maximum absolute atomic E-state index is 11.0. The smallest absolute Gasteiger partial charge is 0.155 e. The van der Waals surface area contributed by atoms with Crippen LogP contribution in [0.1, 0.15) is 12.6 Å². The predicted octanol–water partition coefficient (Wildman–Crippen LogP) is 3.99. The van der Waals surface area contributed by atoms with Gasteiger partial charge in [0.25, 0.3) is 0 Å². The van der Waals surface area contributed by atoms with E-state index in [-0.39, 0.29) is 11.5 Å². The Balaban J connectivity index is 2.06. The number of benzene rings is 1. The van der Waals surface area contributed by atoms with E-state index in [0.29, 0.717) is 6.04 Å². The van der Waals surface area contributed by atoms with Crippen LogP contribution in [-0.2, 0) is 10.8 Å². The highest BCUT2D eigenvalue weighted by Gasteiger charge is 2.10. The van der Waals surface area contributed by atoms with Gasteiger partial charge < -0.3 is 5.11 Å². The second-order valence-corrected chi connectivity index (χ2v) is 8.06. The highest BCUT2D eigenvalue weighted by molar-refractivity contribution is 6.57. The van der Waals surface area contributed by atoms with E-state index in [4.69, 9.17) is 4.98 Å². The lowest BCUT2D eigenvalue weighted by atomic mass is 10.1. The number of hydrogen-bond donors (Lipinski definition) is 1. The van der Waals surface area contributed by atoms with Crippen molar-refractivity contribution < 1.29 is 9.90 Å². The van der Waals surface area contributed by atoms with Crippen LogP contribution in [0.4, 0.5) is 0 Å². The van der Waals surface area contributed by atoms with Crippen molar-refractivity contribution in [1.82, 2.24) is 4.98 Å². The topological polar surface area (TPSA) is 50.2 Å². The van der Waals surface area contributed by atoms with E-state index in [2.05, 4.69) is 6.55 Å². The molecule has 0 bridgehead atoms. The molecule has 0 saturated carbocycles. The zero-order chi connectivity index (χ0) is 15.9. The molecule has 0 aliphatic carbocycles. The first-order valence-corrected chi connectivity index (χ1v) is 9.69. The lowest BCUT2D eigenvalue weighted by Gasteiger charge is -2.10. The number of ketones is 1. The summed E-state index contributed by atoms with van der Waals surface area (Å²) in [5, 5.41) is 9.75. The SMILES string of the molecule is CC(=O)/C=C(\O)C[Si](C)Cc1cccc(-c2ccccc2)n1. The lowest BCUT2D eigenvalue weighted by molar-refractivity contribution is -0.112. The van der Waals surface area contributed by atoms with Crippen LogP contribution in [0.25, 0.3) is 11.3 Å². The number of carbonyl (C=O) groups is 1. The Kier molecular flexibility index (Phi) is 5.66. The molecule has 0 saturated heterocycles. The number of hydrogen-bond acceptors (Lipinski definition) is 3. The molecule has 0 aliphatic heterocycles. The number of rotatable bonds is 6. The Morgan fingerprint density at radius 3 is 2.59 bits per heavy atom. The van der Waals surface area contributed by atoms with Gasteiger partial charge in [0.05, 0.1) is 20.2 Å². The summed E-state index contributed by atoms with van der Waals surface area (Å²) in [6, 6.07) is 17.6. The van der Waals surface area contributed by atoms with Crippen LogP contribution in [0.5, 0.6) is 0 Å². The Bertz CT molecular complexity index is 668. The van der Waals surface area contributed by atoms with Crippen molar-refractivity contribution in [3.8, 4) is 11.3 Å². The van der Waals surface area contributed by atoms with Crippen molar-refractivity contribution in [2.75, 3.05) is 0 Å². The largest absolute Gasteiger partial charge is 0.513 e. The Morgan fingerprint density at radius 2 is 1.91 bits per heavy atom. The molecule has 0 unspecified atom stereocenters. The van der Waals surface area contributed by atoms with Gasteiger partial charge in [0.15, 0.2) is 5.78 Å². The molecule has 1 heterocycles. The average Bonchev–Trinajstić information content (AvgIpc) is 2.47. The summed E-state index contributed by atoms with van der Waals surface area (Å²) in [5.74, 6) is 0.0691. The van der Waals surface area contributed by atoms with Crippen LogP contribution in [0.3, 0.4) is 0 Å². The maximum atomic E-state index is 11.0. The molecule has 2 rings (SSSR count). The van der Waals surface area contributed by atoms with E-state index < -0.39 is 8.80 Å². The van der Waals surface area contributed by atoms with Gasteiger partial charge in [-0.05, 0) is 31.1 Å². The molecule has 4 heteroatoms. The molecule has 22 heavy (non-hydrogen) atoms. The number of nitrogens with zero attached hydrogens (tertiary/aromatic N) is 1. The second kappa shape index (κ2) is 7.71. The van der Waals surface area contributed by atoms with Crippen LogP contribution in [-0.4, -0.2) is 24.7 Å². The van der Waals surface area contributed by atoms with Gasteiger partial charge in [-0.3, -0.25) is 9.78 Å². The first-order chi connectivity index (χ1) is 10.5. The minimum Gasteiger partial charge on any atom is -0.513 e. The maximum Gasteiger partial charge on any atom is 0.155 e. The third-order valence-corrected chi connectivity index (χ3v) is 5.14. The first-order valence-electron chi connectivity index (χ1n) is 7.27. The summed E-state index contributed by atoms with van der Waals surface area (Å²) in [6.45, 7) is 3.59. The number of aliphatic hydroxyl groups excluding tert-OH is 1. The number of carbonyl (C=O) groups excluding carboxylic acids is 1. The van der Waals surface area contributed by atoms with E-state index in [1.165, 1.54) is 13.0 Å². The highest BCUT2D eigenvalue weighted by Crippen LogP contribution is 2.17. The van der Waals surface area contributed by atoms with Crippen LogP contribution in [0, 0.1) is 0 Å². The third-order valence-electron chi connectivity index (χ3n) is 3.21. The molecule has 1 aromatic carbocycles. The van der Waals surface area contributed by atoms with E-state index in [1.807, 2.05) is 48.5 Å². The van der Waals surface area contributed by atoms with Gasteiger partial charge >= 0.3 is 0 Å². The molecule has 0 atom stereocenters. The van der Waals surface area contributed by atoms with Crippen molar-refractivity contribution in [3.05, 3.63) is 66.1 Å². The van der Waals surface area contributed by atoms with Gasteiger partial charge in [-0.1, -0.05) is 42.9 Å². The standard InChI is InChI=1S/C18H20NO2Si/c1-14(20)11-17(21)13-22(2)12-16-9-6-10-18(19-16)15-7-4-3-5-8-15/h3-11,21H,12-13H2,1-2H3/b17-11-. The molecule has 1 aromatic heterocycles. The molecule has 0 aliphatic rings. The Morgan fingerprint density at radius 1 is 1.18 bits per heavy atom. The zero-order valence-electron chi connectivity index (χ0n) is 12.9. The summed E-state index contributed by atoms with van der Waals surface area (Å²) < 4.78 is 0. The fourth-order valence-corrected chi connectivity index (χ4v) is 3.97. The molecule has 113 valence electrons. The van der Waals surface area contributed by atoms with Gasteiger partial charge in [-0.2, -0.15) is 0 Å². The highest BCUT2D eigenvalue weighted by atomic mass is 28.3. The third kappa shape index (κ3) is 4.97. The van der Waals surface area contributed by atoms with E-state index >= 15 is 0 Å². The molecule has 1 radical (unpaired) electrons. The fraction of sp³-hybridized carbons (Fsp3) is 0.222. The molecule has 3 nitrogen and oxygen atoms in total. The van der Waals surface area contributed by atoms with Crippen LogP contribution < -0.4 is 0 Å². The second-order valence-electron chi connectivity index (χ2n) is 5.44. The fourth-order valence-electron chi connectivity index (χ4n) is 2.31. The van der Waals surface area contributed by atoms with E-state index in [1.54, 1.807) is 0 Å². The van der Waals surface area contributed by atoms with E-state index in [0.717, 1.165) is 23.0 Å². The van der Waals surface area contributed by atoms with Gasteiger partial charge in [0.2, 0.25) is 0 Å². The summed E-state index contributed by atoms with van der Waals surface area (Å²) in [4.78, 5) is 15.7. The number of allylic oxidation sites excluding steroid dienone is 2. The van der Waals surface area contributed by atoms with E-state index in [9.17, 15) is 9.90 Å². The van der Waals surface area contributed by atoms with Crippen LogP contribution in [0.2, 0.25) is 12.6 Å². The van der Waals surface area contributed by atoms with Gasteiger partial charge in [-0.15, -0.1) is 0 Å². The van der Waals surface area contributed by atoms with Crippen molar-refractivity contribution in [3.63, 3.8) is 0 Å². The monoisotopic (exact) mass is 310 g/mol. The minimum atomic E-state index is -0.817. The summed E-state index contributed by atoms with van der Waals surface area (Å²) in [5.41, 5.74) is 3.11. The number of pyridine rings is 1. The van der Waals surface area contributed by atoms with Crippen LogP contribution >= 0.6 is 0 Å². The van der Waals surface area contributed by atoms with Crippen molar-refractivity contribution >= 4 is 14.6 Å². The van der Waals surface area contributed by atoms with Gasteiger partial charge in [-0.25, -0.2) is 0 Å². The predicted molar refractivity (Wildman–Crippen MR) is 91.2 cm³/mol. The summed E-state index contributed by atoms with van der Waals surface area (Å²) in [6.07, 6.45) is 1.31. The van der Waals surface area contributed by atoms with Gasteiger partial charge in [0.1, 0.15) is 0 Å². The summed E-state index contributed by atoms with van der Waals surface area (Å²) >= 11 is 0. The van der Waals surface area contributed by atoms with Crippen molar-refractivity contribution in [2.24, 2.45) is 0 Å². The first kappa shape index (κ1) is 16.2. The quantitative estimate of drug-likeness (QED) is 0.499. The average molecular weight is 310 g/mol. The molecular weight excluding hydrogens is 290 g/mol. The van der Waals surface area contributed by atoms with Crippen LogP contribution in [0.15, 0.2) is 60.4 Å². The molecule has 0 spiro atoms. The van der Waals surface area contributed by atoms with Crippen molar-refractivity contribution in [2.45, 2.75) is 25.6 Å². The Labute approximate surface area is 133 Å². The normalized spacial score (nSPS) is 11.7. The molecule has 1 N–H and O–H groups in total.